The van der Waals surface area contributed by atoms with Crippen LogP contribution in [0.2, 0.25) is 0 Å². The Hall–Kier alpha value is -2.45. The molecule has 0 atom stereocenters. The fraction of sp³-hybridized carbons (Fsp3) is 0.350. The Labute approximate surface area is 164 Å². The van der Waals surface area contributed by atoms with Crippen molar-refractivity contribution in [1.82, 2.24) is 8.87 Å². The second-order valence-electron chi connectivity index (χ2n) is 7.28. The van der Waals surface area contributed by atoms with E-state index in [9.17, 15) is 17.6 Å². The summed E-state index contributed by atoms with van der Waals surface area (Å²) in [4.78, 5) is 12.4. The topological polar surface area (TPSA) is 71.4 Å². The molecule has 1 fully saturated rings. The highest BCUT2D eigenvalue weighted by atomic mass is 32.2. The zero-order valence-corrected chi connectivity index (χ0v) is 17.0. The van der Waals surface area contributed by atoms with Gasteiger partial charge in [-0.25, -0.2) is 4.39 Å². The van der Waals surface area contributed by atoms with Gasteiger partial charge in [-0.2, -0.15) is 12.7 Å². The molecule has 3 rings (SSSR count). The fourth-order valence-corrected chi connectivity index (χ4v) is 4.16. The van der Waals surface area contributed by atoms with Gasteiger partial charge in [0.15, 0.2) is 0 Å². The van der Waals surface area contributed by atoms with Gasteiger partial charge in [-0.3, -0.25) is 14.1 Å². The number of hydrogen-bond acceptors (Lipinski definition) is 3. The average Bonchev–Trinajstić information content (AvgIpc) is 3.43. The van der Waals surface area contributed by atoms with Crippen LogP contribution in [0.4, 0.5) is 10.1 Å². The lowest BCUT2D eigenvalue weighted by atomic mass is 10.0. The number of rotatable bonds is 7. The van der Waals surface area contributed by atoms with Crippen LogP contribution in [-0.4, -0.2) is 30.4 Å². The summed E-state index contributed by atoms with van der Waals surface area (Å²) in [5.74, 6) is -0.395. The van der Waals surface area contributed by atoms with Crippen LogP contribution < -0.4 is 10.3 Å². The van der Waals surface area contributed by atoms with Crippen LogP contribution in [0.25, 0.3) is 5.70 Å². The lowest BCUT2D eigenvalue weighted by Gasteiger charge is -2.20. The number of benzene rings is 1. The first-order chi connectivity index (χ1) is 13.1. The van der Waals surface area contributed by atoms with E-state index in [0.29, 0.717) is 16.8 Å². The molecule has 150 valence electrons. The van der Waals surface area contributed by atoms with E-state index < -0.39 is 16.0 Å². The summed E-state index contributed by atoms with van der Waals surface area (Å²) >= 11 is 0. The molecule has 0 bridgehead atoms. The largest absolute Gasteiger partial charge is 0.301 e. The first-order valence-electron chi connectivity index (χ1n) is 9.01. The summed E-state index contributed by atoms with van der Waals surface area (Å²) in [6.45, 7) is 7.18. The van der Waals surface area contributed by atoms with Crippen molar-refractivity contribution in [1.29, 1.82) is 0 Å². The Kier molecular flexibility index (Phi) is 5.45. The molecule has 0 saturated heterocycles. The number of nitrogens with zero attached hydrogens (tertiary/aromatic N) is 2. The van der Waals surface area contributed by atoms with E-state index in [1.165, 1.54) is 34.2 Å². The van der Waals surface area contributed by atoms with Crippen molar-refractivity contribution in [2.45, 2.75) is 39.2 Å². The van der Waals surface area contributed by atoms with Gasteiger partial charge in [0.25, 0.3) is 5.56 Å². The molecule has 2 aromatic rings. The van der Waals surface area contributed by atoms with Gasteiger partial charge in [0.05, 0.1) is 5.69 Å². The van der Waals surface area contributed by atoms with Crippen molar-refractivity contribution < 1.29 is 12.8 Å². The van der Waals surface area contributed by atoms with Crippen molar-refractivity contribution in [3.8, 4) is 0 Å². The van der Waals surface area contributed by atoms with Crippen LogP contribution in [0.3, 0.4) is 0 Å². The van der Waals surface area contributed by atoms with E-state index in [0.717, 1.165) is 18.4 Å². The summed E-state index contributed by atoms with van der Waals surface area (Å²) in [5, 5.41) is 0. The number of halogens is 1. The maximum Gasteiger partial charge on any atom is 0.301 e. The van der Waals surface area contributed by atoms with E-state index in [1.807, 2.05) is 0 Å². The summed E-state index contributed by atoms with van der Waals surface area (Å²) in [6, 6.07) is 6.14. The zero-order chi connectivity index (χ0) is 20.6. The van der Waals surface area contributed by atoms with Crippen molar-refractivity contribution in [3.63, 3.8) is 0 Å². The van der Waals surface area contributed by atoms with Gasteiger partial charge in [-0.05, 0) is 49.4 Å². The van der Waals surface area contributed by atoms with Gasteiger partial charge >= 0.3 is 10.2 Å². The summed E-state index contributed by atoms with van der Waals surface area (Å²) < 4.78 is 44.8. The Morgan fingerprint density at radius 2 is 2.00 bits per heavy atom. The molecule has 0 aliphatic heterocycles. The molecule has 1 aromatic carbocycles. The van der Waals surface area contributed by atoms with Crippen LogP contribution in [0.15, 0.2) is 41.8 Å². The molecule has 1 aromatic heterocycles. The number of allylic oxidation sites excluding steroid dienone is 1. The van der Waals surface area contributed by atoms with Crippen LogP contribution >= 0.6 is 0 Å². The highest BCUT2D eigenvalue weighted by Gasteiger charge is 2.34. The maximum absolute atomic E-state index is 14.3. The molecule has 8 heteroatoms. The lowest BCUT2D eigenvalue weighted by molar-refractivity contribution is 0.469. The highest BCUT2D eigenvalue weighted by Crippen LogP contribution is 2.29. The molecule has 1 N–H and O–H groups in total. The van der Waals surface area contributed by atoms with Crippen LogP contribution in [0.5, 0.6) is 0 Å². The van der Waals surface area contributed by atoms with Crippen LogP contribution in [0, 0.1) is 12.7 Å². The number of anilines is 1. The monoisotopic (exact) mass is 405 g/mol. The molecular formula is C20H24FN3O3S. The molecule has 0 unspecified atom stereocenters. The number of aromatic nitrogens is 1. The van der Waals surface area contributed by atoms with E-state index in [-0.39, 0.29) is 23.7 Å². The minimum atomic E-state index is -3.79. The third-order valence-electron chi connectivity index (χ3n) is 4.82. The predicted octanol–water partition coefficient (Wildman–Crippen LogP) is 3.13. The molecule has 0 radical (unpaired) electrons. The van der Waals surface area contributed by atoms with Gasteiger partial charge in [-0.1, -0.05) is 18.7 Å². The summed E-state index contributed by atoms with van der Waals surface area (Å²) in [7, 11) is -2.27. The van der Waals surface area contributed by atoms with Gasteiger partial charge in [0, 0.05) is 37.5 Å². The quantitative estimate of drug-likeness (QED) is 0.769. The zero-order valence-electron chi connectivity index (χ0n) is 16.2. The minimum Gasteiger partial charge on any atom is -0.287 e. The average molecular weight is 405 g/mol. The van der Waals surface area contributed by atoms with E-state index >= 15 is 0 Å². The van der Waals surface area contributed by atoms with E-state index in [1.54, 1.807) is 26.0 Å². The minimum absolute atomic E-state index is 0.0115. The van der Waals surface area contributed by atoms with Gasteiger partial charge in [-0.15, -0.1) is 0 Å². The van der Waals surface area contributed by atoms with Crippen molar-refractivity contribution in [2.24, 2.45) is 0 Å². The standard InChI is InChI=1S/C20H24FN3O3S/c1-13(2)24-12-19(22-28(26,27)23(4)17-7-8-17)16(11-20(24)25)10-15-6-5-14(3)9-18(15)21/h5-6,9,11-12,17,22H,1,7-8,10H2,2-4H3. The van der Waals surface area contributed by atoms with Crippen LogP contribution in [0.1, 0.15) is 36.5 Å². The van der Waals surface area contributed by atoms with Crippen molar-refractivity contribution in [3.05, 3.63) is 69.9 Å². The highest BCUT2D eigenvalue weighted by molar-refractivity contribution is 7.90. The maximum atomic E-state index is 14.3. The first kappa shape index (κ1) is 20.3. The Morgan fingerprint density at radius 3 is 2.57 bits per heavy atom. The second kappa shape index (κ2) is 7.52. The summed E-state index contributed by atoms with van der Waals surface area (Å²) in [5.41, 5.74) is 1.90. The van der Waals surface area contributed by atoms with Crippen LogP contribution in [-0.2, 0) is 16.6 Å². The molecule has 6 nitrogen and oxygen atoms in total. The van der Waals surface area contributed by atoms with Gasteiger partial charge < -0.3 is 0 Å². The Bertz CT molecular complexity index is 1090. The molecule has 1 saturated carbocycles. The molecule has 1 aliphatic carbocycles. The smallest absolute Gasteiger partial charge is 0.287 e. The molecule has 1 aliphatic rings. The molecule has 1 heterocycles. The van der Waals surface area contributed by atoms with Crippen molar-refractivity contribution in [2.75, 3.05) is 11.8 Å². The predicted molar refractivity (Wildman–Crippen MR) is 109 cm³/mol. The molecule has 0 amide bonds. The number of nitrogens with one attached hydrogen (secondary N) is 1. The SMILES string of the molecule is C=C(C)n1cc(NS(=O)(=O)N(C)C2CC2)c(Cc2ccc(C)cc2F)cc1=O. The lowest BCUT2D eigenvalue weighted by Crippen LogP contribution is -2.35. The molecule has 28 heavy (non-hydrogen) atoms. The number of pyridine rings is 1. The second-order valence-corrected chi connectivity index (χ2v) is 9.01. The molecule has 0 spiro atoms. The Balaban J connectivity index is 2.04. The first-order valence-corrected chi connectivity index (χ1v) is 10.4. The summed E-state index contributed by atoms with van der Waals surface area (Å²) in [6.07, 6.45) is 3.14. The normalized spacial score (nSPS) is 14.3. The Morgan fingerprint density at radius 1 is 1.32 bits per heavy atom. The van der Waals surface area contributed by atoms with Gasteiger partial charge in [0.1, 0.15) is 5.82 Å². The van der Waals surface area contributed by atoms with E-state index in [4.69, 9.17) is 0 Å². The number of aryl methyl sites for hydroxylation is 1. The third-order valence-corrected chi connectivity index (χ3v) is 6.35. The van der Waals surface area contributed by atoms with Gasteiger partial charge in [0.2, 0.25) is 0 Å². The van der Waals surface area contributed by atoms with E-state index in [2.05, 4.69) is 11.3 Å². The third kappa shape index (κ3) is 4.34. The molecular weight excluding hydrogens is 381 g/mol. The number of hydrogen-bond donors (Lipinski definition) is 1. The fourth-order valence-electron chi connectivity index (χ4n) is 2.95. The van der Waals surface area contributed by atoms with Crippen molar-refractivity contribution >= 4 is 21.6 Å².